The molecule has 0 radical (unpaired) electrons. The number of ether oxygens (including phenoxy) is 1. The Morgan fingerprint density at radius 2 is 1.92 bits per heavy atom. The fourth-order valence-corrected chi connectivity index (χ4v) is 3.18. The van der Waals surface area contributed by atoms with Crippen LogP contribution in [0.15, 0.2) is 57.8 Å². The highest BCUT2D eigenvalue weighted by atomic mass is 79.9. The molecule has 0 aromatic heterocycles. The molecule has 0 bridgehead atoms. The van der Waals surface area contributed by atoms with Crippen LogP contribution in [0.5, 0.6) is 5.75 Å². The Morgan fingerprint density at radius 1 is 1.24 bits per heavy atom. The van der Waals surface area contributed by atoms with Gasteiger partial charge in [0.15, 0.2) is 0 Å². The van der Waals surface area contributed by atoms with Gasteiger partial charge in [0.1, 0.15) is 11.5 Å². The number of rotatable bonds is 3. The van der Waals surface area contributed by atoms with Crippen molar-refractivity contribution in [2.24, 2.45) is 0 Å². The van der Waals surface area contributed by atoms with Crippen molar-refractivity contribution in [2.75, 3.05) is 6.54 Å². The number of aliphatic hydroxyl groups is 1. The third-order valence-corrected chi connectivity index (χ3v) is 4.36. The average Bonchev–Trinajstić information content (AvgIpc) is 2.72. The molecular weight excluding hydrogens is 403 g/mol. The minimum absolute atomic E-state index is 0.0159. The maximum Gasteiger partial charge on any atom is 0.573 e. The minimum atomic E-state index is -4.74. The SMILES string of the molecule is O=C1C2=C(O)CC=C(Br)C=C2CN1Cc1ccc(OC(F)(F)F)cc1. The molecule has 25 heavy (non-hydrogen) atoms. The van der Waals surface area contributed by atoms with Crippen molar-refractivity contribution in [3.63, 3.8) is 0 Å². The zero-order valence-electron chi connectivity index (χ0n) is 12.8. The number of aliphatic hydroxyl groups excluding tert-OH is 1. The third kappa shape index (κ3) is 4.07. The van der Waals surface area contributed by atoms with E-state index in [0.29, 0.717) is 23.3 Å². The number of hydrogen-bond acceptors (Lipinski definition) is 3. The summed E-state index contributed by atoms with van der Waals surface area (Å²) in [5.74, 6) is -0.594. The molecule has 0 spiro atoms. The van der Waals surface area contributed by atoms with Crippen molar-refractivity contribution in [1.29, 1.82) is 0 Å². The summed E-state index contributed by atoms with van der Waals surface area (Å²) in [6, 6.07) is 5.36. The quantitative estimate of drug-likeness (QED) is 0.798. The van der Waals surface area contributed by atoms with Gasteiger partial charge in [0.25, 0.3) is 5.91 Å². The van der Waals surface area contributed by atoms with E-state index in [9.17, 15) is 23.1 Å². The highest BCUT2D eigenvalue weighted by Crippen LogP contribution is 2.33. The van der Waals surface area contributed by atoms with E-state index >= 15 is 0 Å². The van der Waals surface area contributed by atoms with E-state index in [-0.39, 0.29) is 30.4 Å². The molecule has 1 aromatic rings. The second-order valence-electron chi connectivity index (χ2n) is 5.64. The standard InChI is InChI=1S/C17H13BrF3NO3/c18-12-3-6-14(23)15-11(7-12)9-22(16(15)24)8-10-1-4-13(5-2-10)25-17(19,20)21/h1-5,7,23H,6,8-9H2. The molecule has 0 atom stereocenters. The van der Waals surface area contributed by atoms with Gasteiger partial charge in [-0.15, -0.1) is 13.2 Å². The van der Waals surface area contributed by atoms with Gasteiger partial charge in [0.05, 0.1) is 5.57 Å². The van der Waals surface area contributed by atoms with E-state index < -0.39 is 6.36 Å². The molecule has 1 aliphatic heterocycles. The van der Waals surface area contributed by atoms with Crippen LogP contribution in [0.4, 0.5) is 13.2 Å². The number of benzene rings is 1. The van der Waals surface area contributed by atoms with E-state index in [2.05, 4.69) is 20.7 Å². The van der Waals surface area contributed by atoms with Gasteiger partial charge in [0, 0.05) is 24.0 Å². The first-order chi connectivity index (χ1) is 11.7. The predicted octanol–water partition coefficient (Wildman–Crippen LogP) is 4.35. The molecule has 8 heteroatoms. The van der Waals surface area contributed by atoms with Crippen LogP contribution in [0.2, 0.25) is 0 Å². The zero-order chi connectivity index (χ0) is 18.2. The topological polar surface area (TPSA) is 49.8 Å². The summed E-state index contributed by atoms with van der Waals surface area (Å²) in [6.07, 6.45) is -0.918. The number of likely N-dealkylation sites (tertiary alicyclic amines) is 1. The van der Waals surface area contributed by atoms with Crippen LogP contribution in [0.1, 0.15) is 12.0 Å². The summed E-state index contributed by atoms with van der Waals surface area (Å²) in [7, 11) is 0. The van der Waals surface area contributed by atoms with Gasteiger partial charge in [-0.3, -0.25) is 4.79 Å². The molecule has 2 aliphatic rings. The molecule has 1 aromatic carbocycles. The lowest BCUT2D eigenvalue weighted by Gasteiger charge is -2.16. The summed E-state index contributed by atoms with van der Waals surface area (Å²) in [6.45, 7) is 0.544. The van der Waals surface area contributed by atoms with Crippen molar-refractivity contribution in [2.45, 2.75) is 19.3 Å². The highest BCUT2D eigenvalue weighted by molar-refractivity contribution is 9.11. The molecule has 1 saturated heterocycles. The first-order valence-electron chi connectivity index (χ1n) is 7.35. The Labute approximate surface area is 150 Å². The second-order valence-corrected chi connectivity index (χ2v) is 6.55. The molecule has 1 fully saturated rings. The van der Waals surface area contributed by atoms with Gasteiger partial charge in [-0.05, 0) is 29.3 Å². The molecule has 0 saturated carbocycles. The van der Waals surface area contributed by atoms with Crippen LogP contribution in [0, 0.1) is 0 Å². The summed E-state index contributed by atoms with van der Waals surface area (Å²) in [5, 5.41) is 10.1. The Balaban J connectivity index is 1.75. The van der Waals surface area contributed by atoms with Crippen LogP contribution in [-0.4, -0.2) is 28.8 Å². The monoisotopic (exact) mass is 415 g/mol. The van der Waals surface area contributed by atoms with E-state index in [4.69, 9.17) is 0 Å². The number of halogens is 4. The van der Waals surface area contributed by atoms with Crippen molar-refractivity contribution in [3.05, 3.63) is 63.4 Å². The molecule has 1 N–H and O–H groups in total. The van der Waals surface area contributed by atoms with Crippen LogP contribution >= 0.6 is 15.9 Å². The number of nitrogens with zero attached hydrogens (tertiary/aromatic N) is 1. The normalized spacial score (nSPS) is 17.9. The van der Waals surface area contributed by atoms with Crippen molar-refractivity contribution >= 4 is 21.8 Å². The van der Waals surface area contributed by atoms with Gasteiger partial charge in [-0.2, -0.15) is 0 Å². The molecule has 1 aliphatic carbocycles. The van der Waals surface area contributed by atoms with Crippen LogP contribution in [0.3, 0.4) is 0 Å². The lowest BCUT2D eigenvalue weighted by atomic mass is 10.1. The molecule has 0 unspecified atom stereocenters. The smallest absolute Gasteiger partial charge is 0.511 e. The van der Waals surface area contributed by atoms with Gasteiger partial charge >= 0.3 is 6.36 Å². The van der Waals surface area contributed by atoms with Crippen molar-refractivity contribution in [1.82, 2.24) is 4.90 Å². The van der Waals surface area contributed by atoms with E-state index in [1.54, 1.807) is 12.2 Å². The molecule has 3 rings (SSSR count). The lowest BCUT2D eigenvalue weighted by Crippen LogP contribution is -2.25. The maximum atomic E-state index is 12.5. The average molecular weight is 416 g/mol. The number of alkyl halides is 3. The Morgan fingerprint density at radius 3 is 2.56 bits per heavy atom. The van der Waals surface area contributed by atoms with Crippen LogP contribution in [-0.2, 0) is 11.3 Å². The zero-order valence-corrected chi connectivity index (χ0v) is 14.4. The number of fused-ring (bicyclic) bond motifs is 1. The number of amides is 1. The Hall–Kier alpha value is -2.22. The Kier molecular flexibility index (Phi) is 4.64. The van der Waals surface area contributed by atoms with E-state index in [1.807, 2.05) is 0 Å². The first kappa shape index (κ1) is 17.6. The predicted molar refractivity (Wildman–Crippen MR) is 87.9 cm³/mol. The molecule has 1 amide bonds. The minimum Gasteiger partial charge on any atom is -0.511 e. The summed E-state index contributed by atoms with van der Waals surface area (Å²) in [4.78, 5) is 14.1. The number of hydrogen-bond donors (Lipinski definition) is 1. The van der Waals surface area contributed by atoms with Gasteiger partial charge in [-0.25, -0.2) is 0 Å². The molecular formula is C17H13BrF3NO3. The number of carbonyl (C=O) groups excluding carboxylic acids is 1. The van der Waals surface area contributed by atoms with Crippen molar-refractivity contribution < 1.29 is 27.8 Å². The number of carbonyl (C=O) groups is 1. The maximum absolute atomic E-state index is 12.5. The molecule has 4 nitrogen and oxygen atoms in total. The van der Waals surface area contributed by atoms with Gasteiger partial charge in [0.2, 0.25) is 0 Å². The first-order valence-corrected chi connectivity index (χ1v) is 8.15. The van der Waals surface area contributed by atoms with Crippen LogP contribution < -0.4 is 4.74 Å². The highest BCUT2D eigenvalue weighted by Gasteiger charge is 2.34. The van der Waals surface area contributed by atoms with Gasteiger partial charge < -0.3 is 14.7 Å². The van der Waals surface area contributed by atoms with Crippen LogP contribution in [0.25, 0.3) is 0 Å². The lowest BCUT2D eigenvalue weighted by molar-refractivity contribution is -0.274. The van der Waals surface area contributed by atoms with Gasteiger partial charge in [-0.1, -0.05) is 34.1 Å². The summed E-state index contributed by atoms with van der Waals surface area (Å²) >= 11 is 3.35. The van der Waals surface area contributed by atoms with Crippen molar-refractivity contribution in [3.8, 4) is 5.75 Å². The largest absolute Gasteiger partial charge is 0.573 e. The molecule has 1 heterocycles. The summed E-state index contributed by atoms with van der Waals surface area (Å²) in [5.41, 5.74) is 1.66. The Bertz CT molecular complexity index is 794. The fourth-order valence-electron chi connectivity index (χ4n) is 2.74. The fraction of sp³-hybridized carbons (Fsp3) is 0.235. The number of allylic oxidation sites excluding steroid dienone is 3. The third-order valence-electron chi connectivity index (χ3n) is 3.80. The van der Waals surface area contributed by atoms with E-state index in [0.717, 1.165) is 4.48 Å². The molecule has 132 valence electrons. The second kappa shape index (κ2) is 6.59. The van der Waals surface area contributed by atoms with E-state index in [1.165, 1.54) is 29.2 Å². The summed E-state index contributed by atoms with van der Waals surface area (Å²) < 4.78 is 41.1.